The van der Waals surface area contributed by atoms with E-state index in [2.05, 4.69) is 41.4 Å². The first kappa shape index (κ1) is 19.2. The Morgan fingerprint density at radius 3 is 2.85 bits per heavy atom. The predicted molar refractivity (Wildman–Crippen MR) is 108 cm³/mol. The number of guanidine groups is 1. The number of nitrogens with zero attached hydrogens (tertiary/aromatic N) is 2. The molecule has 1 fully saturated rings. The summed E-state index contributed by atoms with van der Waals surface area (Å²) in [4.78, 5) is 7.02. The first-order chi connectivity index (χ1) is 12.3. The Morgan fingerprint density at radius 2 is 2.12 bits per heavy atom. The van der Waals surface area contributed by atoms with E-state index in [1.54, 1.807) is 0 Å². The molecule has 1 N–H and O–H groups in total. The van der Waals surface area contributed by atoms with Gasteiger partial charge in [0.2, 0.25) is 0 Å². The highest BCUT2D eigenvalue weighted by atomic mass is 32.2. The lowest BCUT2D eigenvalue weighted by atomic mass is 9.83. The molecular weight excluding hydrogens is 346 g/mol. The van der Waals surface area contributed by atoms with Crippen molar-refractivity contribution >= 4 is 15.8 Å². The van der Waals surface area contributed by atoms with Gasteiger partial charge in [0, 0.05) is 32.1 Å². The largest absolute Gasteiger partial charge is 0.357 e. The molecule has 1 atom stereocenters. The van der Waals surface area contributed by atoms with Gasteiger partial charge in [-0.3, -0.25) is 4.99 Å². The third-order valence-corrected chi connectivity index (χ3v) is 8.17. The number of aliphatic imine (C=N–C) groups is 1. The molecule has 1 aromatic rings. The lowest BCUT2D eigenvalue weighted by molar-refractivity contribution is 0.352. The molecule has 0 aromatic heterocycles. The van der Waals surface area contributed by atoms with Crippen molar-refractivity contribution in [2.45, 2.75) is 50.7 Å². The minimum Gasteiger partial charge on any atom is -0.357 e. The van der Waals surface area contributed by atoms with Crippen molar-refractivity contribution in [1.29, 1.82) is 0 Å². The Hall–Kier alpha value is -1.56. The molecule has 0 amide bonds. The second kappa shape index (κ2) is 7.59. The number of sulfone groups is 1. The first-order valence-electron chi connectivity index (χ1n) is 9.67. The fraction of sp³-hybridized carbons (Fsp3) is 0.650. The second-order valence-electron chi connectivity index (χ2n) is 7.98. The molecule has 26 heavy (non-hydrogen) atoms. The molecule has 1 aliphatic carbocycles. The fourth-order valence-electron chi connectivity index (χ4n) is 3.99. The van der Waals surface area contributed by atoms with E-state index < -0.39 is 14.6 Å². The Bertz CT molecular complexity index is 771. The van der Waals surface area contributed by atoms with Crippen LogP contribution in [0.3, 0.4) is 0 Å². The van der Waals surface area contributed by atoms with E-state index in [4.69, 9.17) is 4.99 Å². The summed E-state index contributed by atoms with van der Waals surface area (Å²) >= 11 is 0. The van der Waals surface area contributed by atoms with Gasteiger partial charge in [-0.15, -0.1) is 0 Å². The molecule has 1 aliphatic heterocycles. The summed E-state index contributed by atoms with van der Waals surface area (Å²) in [6.07, 6.45) is 3.54. The van der Waals surface area contributed by atoms with Crippen LogP contribution in [-0.2, 0) is 16.3 Å². The highest BCUT2D eigenvalue weighted by molar-refractivity contribution is 7.92. The number of fused-ring (bicyclic) bond motifs is 1. The summed E-state index contributed by atoms with van der Waals surface area (Å²) in [5.74, 6) is 1.49. The van der Waals surface area contributed by atoms with Crippen molar-refractivity contribution in [2.24, 2.45) is 4.99 Å². The van der Waals surface area contributed by atoms with Crippen molar-refractivity contribution in [3.63, 3.8) is 0 Å². The first-order valence-corrected chi connectivity index (χ1v) is 11.3. The van der Waals surface area contributed by atoms with Crippen LogP contribution in [0.2, 0.25) is 0 Å². The Morgan fingerprint density at radius 1 is 1.35 bits per heavy atom. The van der Waals surface area contributed by atoms with Crippen molar-refractivity contribution in [3.05, 3.63) is 35.4 Å². The summed E-state index contributed by atoms with van der Waals surface area (Å²) in [5.41, 5.74) is 2.88. The number of hydrogen-bond donors (Lipinski definition) is 1. The second-order valence-corrected chi connectivity index (χ2v) is 10.7. The van der Waals surface area contributed by atoms with Gasteiger partial charge in [-0.25, -0.2) is 8.42 Å². The maximum atomic E-state index is 12.3. The topological polar surface area (TPSA) is 61.8 Å². The van der Waals surface area contributed by atoms with Gasteiger partial charge in [-0.2, -0.15) is 0 Å². The Balaban J connectivity index is 1.77. The van der Waals surface area contributed by atoms with E-state index in [9.17, 15) is 8.42 Å². The third-order valence-electron chi connectivity index (χ3n) is 5.63. The molecule has 0 bridgehead atoms. The van der Waals surface area contributed by atoms with Crippen molar-refractivity contribution in [2.75, 3.05) is 31.9 Å². The van der Waals surface area contributed by atoms with Gasteiger partial charge in [0.15, 0.2) is 15.8 Å². The van der Waals surface area contributed by atoms with Crippen molar-refractivity contribution in [3.8, 4) is 0 Å². The van der Waals surface area contributed by atoms with Crippen LogP contribution in [0.25, 0.3) is 0 Å². The number of rotatable bonds is 3. The van der Waals surface area contributed by atoms with Crippen LogP contribution in [0, 0.1) is 0 Å². The van der Waals surface area contributed by atoms with Crippen LogP contribution in [0.15, 0.2) is 29.3 Å². The maximum Gasteiger partial charge on any atom is 0.194 e. The third kappa shape index (κ3) is 3.90. The Labute approximate surface area is 157 Å². The zero-order valence-corrected chi connectivity index (χ0v) is 17.0. The number of hydrogen-bond acceptors (Lipinski definition) is 3. The zero-order valence-electron chi connectivity index (χ0n) is 16.2. The van der Waals surface area contributed by atoms with Gasteiger partial charge in [0.25, 0.3) is 0 Å². The fourth-order valence-corrected chi connectivity index (χ4v) is 5.36. The molecular formula is C20H31N3O2S. The predicted octanol–water partition coefficient (Wildman–Crippen LogP) is 2.58. The van der Waals surface area contributed by atoms with E-state index in [1.807, 2.05) is 13.8 Å². The zero-order chi connectivity index (χ0) is 18.8. The molecule has 1 saturated heterocycles. The molecule has 1 heterocycles. The van der Waals surface area contributed by atoms with Crippen LogP contribution in [0.5, 0.6) is 0 Å². The van der Waals surface area contributed by atoms with E-state index in [1.165, 1.54) is 24.0 Å². The molecule has 1 aromatic carbocycles. The minimum atomic E-state index is -3.04. The lowest BCUT2D eigenvalue weighted by Gasteiger charge is -2.39. The number of nitrogens with one attached hydrogen (secondary N) is 1. The average molecular weight is 378 g/mol. The molecule has 3 rings (SSSR count). The number of benzene rings is 1. The minimum absolute atomic E-state index is 0.191. The quantitative estimate of drug-likeness (QED) is 0.650. The van der Waals surface area contributed by atoms with Gasteiger partial charge >= 0.3 is 0 Å². The summed E-state index contributed by atoms with van der Waals surface area (Å²) < 4.78 is 23.8. The van der Waals surface area contributed by atoms with E-state index in [0.29, 0.717) is 19.0 Å². The molecule has 0 spiro atoms. The molecule has 1 unspecified atom stereocenters. The average Bonchev–Trinajstić information content (AvgIpc) is 2.61. The SMILES string of the molecule is CCNC(=NCC1CCCc2ccccc21)N1CCS(=O)(=O)C(C)(C)C1. The van der Waals surface area contributed by atoms with Gasteiger partial charge < -0.3 is 10.2 Å². The van der Waals surface area contributed by atoms with Crippen molar-refractivity contribution < 1.29 is 8.42 Å². The molecule has 144 valence electrons. The van der Waals surface area contributed by atoms with E-state index in [-0.39, 0.29) is 5.75 Å². The smallest absolute Gasteiger partial charge is 0.194 e. The van der Waals surface area contributed by atoms with Crippen LogP contribution in [-0.4, -0.2) is 56.0 Å². The summed E-state index contributed by atoms with van der Waals surface area (Å²) in [6, 6.07) is 8.70. The summed E-state index contributed by atoms with van der Waals surface area (Å²) in [5, 5.41) is 3.36. The van der Waals surface area contributed by atoms with E-state index >= 15 is 0 Å². The van der Waals surface area contributed by atoms with E-state index in [0.717, 1.165) is 25.5 Å². The monoisotopic (exact) mass is 377 g/mol. The van der Waals surface area contributed by atoms with Crippen LogP contribution in [0.4, 0.5) is 0 Å². The molecule has 2 aliphatic rings. The van der Waals surface area contributed by atoms with Crippen LogP contribution >= 0.6 is 0 Å². The van der Waals surface area contributed by atoms with Crippen molar-refractivity contribution in [1.82, 2.24) is 10.2 Å². The van der Waals surface area contributed by atoms with Gasteiger partial charge in [0.05, 0.1) is 10.5 Å². The lowest BCUT2D eigenvalue weighted by Crippen LogP contribution is -2.57. The summed E-state index contributed by atoms with van der Waals surface area (Å²) in [6.45, 7) is 8.22. The highest BCUT2D eigenvalue weighted by Crippen LogP contribution is 2.31. The van der Waals surface area contributed by atoms with Crippen LogP contribution in [0.1, 0.15) is 50.7 Å². The normalized spacial score (nSPS) is 24.8. The highest BCUT2D eigenvalue weighted by Gasteiger charge is 2.41. The van der Waals surface area contributed by atoms with Gasteiger partial charge in [-0.05, 0) is 51.2 Å². The van der Waals surface area contributed by atoms with Crippen LogP contribution < -0.4 is 5.32 Å². The Kier molecular flexibility index (Phi) is 5.61. The van der Waals surface area contributed by atoms with Gasteiger partial charge in [0.1, 0.15) is 0 Å². The summed E-state index contributed by atoms with van der Waals surface area (Å²) in [7, 11) is -3.04. The molecule has 0 radical (unpaired) electrons. The standard InChI is InChI=1S/C20H31N3O2S/c1-4-21-19(23-12-13-26(24,25)20(2,3)15-23)22-14-17-10-7-9-16-8-5-6-11-18(16)17/h5-6,8,11,17H,4,7,9-10,12-15H2,1-3H3,(H,21,22). The molecule has 0 saturated carbocycles. The molecule has 6 heteroatoms. The maximum absolute atomic E-state index is 12.3. The molecule has 5 nitrogen and oxygen atoms in total. The van der Waals surface area contributed by atoms with Gasteiger partial charge in [-0.1, -0.05) is 24.3 Å². The number of aryl methyl sites for hydroxylation is 1.